The Morgan fingerprint density at radius 3 is 2.75 bits per heavy atom. The topological polar surface area (TPSA) is 71.3 Å². The van der Waals surface area contributed by atoms with E-state index in [-0.39, 0.29) is 0 Å². The van der Waals surface area contributed by atoms with Crippen molar-refractivity contribution in [1.29, 1.82) is 0 Å². The third-order valence-corrected chi connectivity index (χ3v) is 1.93. The Balaban J connectivity index is 2.84. The van der Waals surface area contributed by atoms with Crippen molar-refractivity contribution in [3.05, 3.63) is 45.6 Å². The summed E-state index contributed by atoms with van der Waals surface area (Å²) in [7, 11) is 3.40. The molecule has 16 heavy (non-hydrogen) atoms. The number of halogens is 1. The molecule has 0 saturated heterocycles. The molecule has 0 aliphatic rings. The maximum absolute atomic E-state index is 10.4. The van der Waals surface area contributed by atoms with Crippen LogP contribution >= 0.6 is 11.6 Å². The van der Waals surface area contributed by atoms with Gasteiger partial charge in [0, 0.05) is 14.1 Å². The summed E-state index contributed by atoms with van der Waals surface area (Å²) in [5.41, 5.74) is 0.631. The summed E-state index contributed by atoms with van der Waals surface area (Å²) in [4.78, 5) is 15.3. The molecule has 0 radical (unpaired) electrons. The normalized spacial score (nSPS) is 11.1. The fourth-order valence-corrected chi connectivity index (χ4v) is 1.07. The van der Waals surface area contributed by atoms with Crippen molar-refractivity contribution in [2.75, 3.05) is 19.4 Å². The molecule has 0 atom stereocenters. The lowest BCUT2D eigenvalue weighted by atomic mass is 10.4. The molecule has 1 heterocycles. The summed E-state index contributed by atoms with van der Waals surface area (Å²) in [6.45, 7) is 0. The average molecular weight is 243 g/mol. The third-order valence-electron chi connectivity index (χ3n) is 1.71. The lowest BCUT2D eigenvalue weighted by Crippen LogP contribution is -2.19. The highest BCUT2D eigenvalue weighted by Crippen LogP contribution is 2.12. The van der Waals surface area contributed by atoms with Crippen molar-refractivity contribution >= 4 is 17.3 Å². The quantitative estimate of drug-likeness (QED) is 0.495. The Hall–Kier alpha value is -1.82. The molecule has 1 rings (SSSR count). The zero-order chi connectivity index (χ0) is 12.1. The van der Waals surface area contributed by atoms with Crippen LogP contribution in [0.1, 0.15) is 0 Å². The van der Waals surface area contributed by atoms with Gasteiger partial charge in [-0.25, -0.2) is 4.98 Å². The Bertz CT molecular complexity index is 402. The molecule has 0 fully saturated rings. The van der Waals surface area contributed by atoms with Crippen LogP contribution in [0.4, 0.5) is 5.69 Å². The van der Waals surface area contributed by atoms with Crippen molar-refractivity contribution < 1.29 is 4.92 Å². The molecule has 0 aromatic carbocycles. The minimum Gasteiger partial charge on any atom is -0.359 e. The molecular formula is C9H11ClN4O2. The van der Waals surface area contributed by atoms with Gasteiger partial charge in [0.1, 0.15) is 5.15 Å². The van der Waals surface area contributed by atoms with Crippen LogP contribution in [0, 0.1) is 10.1 Å². The van der Waals surface area contributed by atoms with E-state index >= 15 is 0 Å². The monoisotopic (exact) mass is 242 g/mol. The summed E-state index contributed by atoms with van der Waals surface area (Å²) < 4.78 is 0. The zero-order valence-corrected chi connectivity index (χ0v) is 9.60. The van der Waals surface area contributed by atoms with Crippen LogP contribution in [0.15, 0.2) is 30.4 Å². The number of anilines is 1. The summed E-state index contributed by atoms with van der Waals surface area (Å²) in [6.07, 6.45) is 2.38. The summed E-state index contributed by atoms with van der Waals surface area (Å²) in [5.74, 6) is 0.356. The van der Waals surface area contributed by atoms with Gasteiger partial charge in [-0.05, 0) is 12.1 Å². The van der Waals surface area contributed by atoms with Crippen LogP contribution in [-0.4, -0.2) is 28.9 Å². The Morgan fingerprint density at radius 2 is 2.31 bits per heavy atom. The van der Waals surface area contributed by atoms with E-state index in [1.807, 2.05) is 0 Å². The molecular weight excluding hydrogens is 232 g/mol. The van der Waals surface area contributed by atoms with E-state index < -0.39 is 4.92 Å². The van der Waals surface area contributed by atoms with Gasteiger partial charge in [0.25, 0.3) is 6.20 Å². The van der Waals surface area contributed by atoms with Gasteiger partial charge in [-0.3, -0.25) is 10.1 Å². The molecule has 1 N–H and O–H groups in total. The molecule has 7 heteroatoms. The Kier molecular flexibility index (Phi) is 4.07. The first-order valence-corrected chi connectivity index (χ1v) is 4.78. The maximum atomic E-state index is 10.4. The van der Waals surface area contributed by atoms with Gasteiger partial charge >= 0.3 is 0 Å². The highest BCUT2D eigenvalue weighted by molar-refractivity contribution is 6.29. The van der Waals surface area contributed by atoms with E-state index in [1.54, 1.807) is 31.1 Å². The lowest BCUT2D eigenvalue weighted by molar-refractivity contribution is -0.404. The van der Waals surface area contributed by atoms with Crippen LogP contribution in [0.25, 0.3) is 0 Å². The van der Waals surface area contributed by atoms with E-state index in [1.165, 1.54) is 6.20 Å². The fraction of sp³-hybridized carbons (Fsp3) is 0.222. The predicted molar refractivity (Wildman–Crippen MR) is 61.6 cm³/mol. The standard InChI is InChI=1S/C9H11ClN4O2/c1-13(2)9(6-14(15)16)12-7-3-4-8(10)11-5-7/h3-6,12H,1-2H3/b9-6-. The van der Waals surface area contributed by atoms with Crippen LogP contribution in [0.5, 0.6) is 0 Å². The first-order valence-electron chi connectivity index (χ1n) is 4.40. The molecule has 6 nitrogen and oxygen atoms in total. The largest absolute Gasteiger partial charge is 0.359 e. The number of nitrogens with one attached hydrogen (secondary N) is 1. The molecule has 0 spiro atoms. The molecule has 86 valence electrons. The number of pyridine rings is 1. The molecule has 0 aliphatic carbocycles. The average Bonchev–Trinajstić information content (AvgIpc) is 2.19. The van der Waals surface area contributed by atoms with Gasteiger partial charge in [-0.1, -0.05) is 11.6 Å². The summed E-state index contributed by atoms with van der Waals surface area (Å²) in [5, 5.41) is 13.6. The molecule has 0 bridgehead atoms. The van der Waals surface area contributed by atoms with Gasteiger partial charge in [-0.15, -0.1) is 0 Å². The van der Waals surface area contributed by atoms with E-state index in [4.69, 9.17) is 11.6 Å². The number of hydrogen-bond acceptors (Lipinski definition) is 5. The van der Waals surface area contributed by atoms with Crippen LogP contribution in [0.2, 0.25) is 5.15 Å². The second-order valence-electron chi connectivity index (χ2n) is 3.19. The molecule has 0 amide bonds. The number of nitro groups is 1. The minimum absolute atomic E-state index is 0.356. The van der Waals surface area contributed by atoms with Crippen molar-refractivity contribution in [2.24, 2.45) is 0 Å². The molecule has 0 unspecified atom stereocenters. The van der Waals surface area contributed by atoms with Gasteiger partial charge in [-0.2, -0.15) is 0 Å². The first kappa shape index (κ1) is 12.3. The van der Waals surface area contributed by atoms with Crippen molar-refractivity contribution in [1.82, 2.24) is 9.88 Å². The van der Waals surface area contributed by atoms with Crippen molar-refractivity contribution in [3.8, 4) is 0 Å². The van der Waals surface area contributed by atoms with Gasteiger partial charge in [0.05, 0.1) is 16.8 Å². The van der Waals surface area contributed by atoms with E-state index in [9.17, 15) is 10.1 Å². The van der Waals surface area contributed by atoms with E-state index in [0.717, 1.165) is 6.20 Å². The SMILES string of the molecule is CN(C)/C(=C\[N+](=O)[O-])Nc1ccc(Cl)nc1. The number of hydrogen-bond donors (Lipinski definition) is 1. The summed E-state index contributed by atoms with van der Waals surface area (Å²) >= 11 is 5.62. The predicted octanol–water partition coefficient (Wildman–Crippen LogP) is 1.78. The van der Waals surface area contributed by atoms with E-state index in [2.05, 4.69) is 10.3 Å². The highest BCUT2D eigenvalue weighted by atomic mass is 35.5. The summed E-state index contributed by atoms with van der Waals surface area (Å²) in [6, 6.07) is 3.29. The Labute approximate surface area is 97.7 Å². The maximum Gasteiger partial charge on any atom is 0.274 e. The second kappa shape index (κ2) is 5.32. The van der Waals surface area contributed by atoms with E-state index in [0.29, 0.717) is 16.7 Å². The van der Waals surface area contributed by atoms with Crippen LogP contribution < -0.4 is 5.32 Å². The minimum atomic E-state index is -0.522. The number of aromatic nitrogens is 1. The van der Waals surface area contributed by atoms with Crippen LogP contribution in [0.3, 0.4) is 0 Å². The molecule has 0 aliphatic heterocycles. The van der Waals surface area contributed by atoms with Gasteiger partial charge in [0.2, 0.25) is 0 Å². The van der Waals surface area contributed by atoms with Crippen LogP contribution in [-0.2, 0) is 0 Å². The third kappa shape index (κ3) is 3.74. The van der Waals surface area contributed by atoms with Crippen molar-refractivity contribution in [2.45, 2.75) is 0 Å². The first-order chi connectivity index (χ1) is 7.49. The lowest BCUT2D eigenvalue weighted by Gasteiger charge is -2.16. The molecule has 1 aromatic rings. The fourth-order valence-electron chi connectivity index (χ4n) is 0.957. The smallest absolute Gasteiger partial charge is 0.274 e. The zero-order valence-electron chi connectivity index (χ0n) is 8.85. The Morgan fingerprint density at radius 1 is 1.62 bits per heavy atom. The van der Waals surface area contributed by atoms with Gasteiger partial charge < -0.3 is 10.2 Å². The van der Waals surface area contributed by atoms with Gasteiger partial charge in [0.15, 0.2) is 5.82 Å². The van der Waals surface area contributed by atoms with Crippen molar-refractivity contribution in [3.63, 3.8) is 0 Å². The second-order valence-corrected chi connectivity index (χ2v) is 3.58. The number of rotatable bonds is 4. The molecule has 0 saturated carbocycles. The number of nitrogens with zero attached hydrogens (tertiary/aromatic N) is 3. The molecule has 1 aromatic heterocycles. The highest BCUT2D eigenvalue weighted by Gasteiger charge is 2.06.